The van der Waals surface area contributed by atoms with Crippen molar-refractivity contribution in [3.63, 3.8) is 0 Å². The van der Waals surface area contributed by atoms with Gasteiger partial charge in [-0.05, 0) is 23.8 Å². The lowest BCUT2D eigenvalue weighted by Crippen LogP contribution is -2.25. The highest BCUT2D eigenvalue weighted by Gasteiger charge is 2.43. The van der Waals surface area contributed by atoms with E-state index in [-0.39, 0.29) is 11.5 Å². The zero-order valence-corrected chi connectivity index (χ0v) is 10.6. The number of halogens is 2. The van der Waals surface area contributed by atoms with E-state index in [4.69, 9.17) is 0 Å². The molecule has 2 nitrogen and oxygen atoms in total. The quantitative estimate of drug-likeness (QED) is 0.781. The van der Waals surface area contributed by atoms with Crippen LogP contribution in [0.4, 0.5) is 8.78 Å². The number of ether oxygens (including phenoxy) is 2. The lowest BCUT2D eigenvalue weighted by atomic mass is 10.2. The Balaban J connectivity index is 1.71. The molecule has 1 aliphatic heterocycles. The maximum Gasteiger partial charge on any atom is 0.586 e. The number of alkyl halides is 2. The van der Waals surface area contributed by atoms with E-state index in [2.05, 4.69) is 9.47 Å². The Labute approximate surface area is 113 Å². The molecule has 1 heterocycles. The summed E-state index contributed by atoms with van der Waals surface area (Å²) in [6.45, 7) is 0. The van der Waals surface area contributed by atoms with Crippen molar-refractivity contribution in [2.75, 3.05) is 0 Å². The van der Waals surface area contributed by atoms with E-state index >= 15 is 0 Å². The average Bonchev–Trinajstić information content (AvgIpc) is 2.70. The highest BCUT2D eigenvalue weighted by Crippen LogP contribution is 2.43. The van der Waals surface area contributed by atoms with E-state index in [1.807, 2.05) is 30.3 Å². The third kappa shape index (κ3) is 2.81. The van der Waals surface area contributed by atoms with Crippen LogP contribution in [0, 0.1) is 0 Å². The van der Waals surface area contributed by atoms with Gasteiger partial charge in [-0.3, -0.25) is 0 Å². The molecule has 0 radical (unpaired) electrons. The van der Waals surface area contributed by atoms with Crippen molar-refractivity contribution in [1.29, 1.82) is 0 Å². The summed E-state index contributed by atoms with van der Waals surface area (Å²) in [7, 11) is 0. The zero-order valence-electron chi connectivity index (χ0n) is 9.81. The molecule has 2 aromatic carbocycles. The minimum Gasteiger partial charge on any atom is -0.395 e. The molecule has 19 heavy (non-hydrogen) atoms. The number of rotatable bonds is 3. The van der Waals surface area contributed by atoms with Gasteiger partial charge in [0.25, 0.3) is 0 Å². The fourth-order valence-electron chi connectivity index (χ4n) is 1.76. The minimum absolute atomic E-state index is 0.0778. The normalized spacial score (nSPS) is 15.5. The second kappa shape index (κ2) is 4.74. The van der Waals surface area contributed by atoms with Crippen LogP contribution in [0.25, 0.3) is 0 Å². The highest BCUT2D eigenvalue weighted by molar-refractivity contribution is 7.98. The average molecular weight is 280 g/mol. The van der Waals surface area contributed by atoms with Gasteiger partial charge in [0.05, 0.1) is 0 Å². The van der Waals surface area contributed by atoms with Gasteiger partial charge in [0.15, 0.2) is 11.5 Å². The van der Waals surface area contributed by atoms with Crippen LogP contribution in [-0.2, 0) is 5.75 Å². The van der Waals surface area contributed by atoms with Crippen LogP contribution in [0.3, 0.4) is 0 Å². The summed E-state index contributed by atoms with van der Waals surface area (Å²) in [5.74, 6) is 0.939. The molecule has 98 valence electrons. The number of thioether (sulfide) groups is 1. The second-order valence-electron chi connectivity index (χ2n) is 4.05. The highest BCUT2D eigenvalue weighted by atomic mass is 32.2. The first kappa shape index (κ1) is 12.3. The van der Waals surface area contributed by atoms with Crippen molar-refractivity contribution in [2.45, 2.75) is 16.9 Å². The van der Waals surface area contributed by atoms with Gasteiger partial charge >= 0.3 is 6.29 Å². The number of hydrogen-bond donors (Lipinski definition) is 0. The molecule has 0 saturated heterocycles. The fraction of sp³-hybridized carbons (Fsp3) is 0.143. The maximum atomic E-state index is 12.9. The molecule has 0 atom stereocenters. The van der Waals surface area contributed by atoms with Gasteiger partial charge in [-0.1, -0.05) is 30.3 Å². The van der Waals surface area contributed by atoms with E-state index in [1.54, 1.807) is 23.9 Å². The van der Waals surface area contributed by atoms with Crippen molar-refractivity contribution in [2.24, 2.45) is 0 Å². The zero-order chi connectivity index (χ0) is 13.3. The largest absolute Gasteiger partial charge is 0.586 e. The molecule has 2 aromatic rings. The van der Waals surface area contributed by atoms with E-state index in [9.17, 15) is 8.78 Å². The van der Waals surface area contributed by atoms with Gasteiger partial charge < -0.3 is 9.47 Å². The molecule has 0 fully saturated rings. The molecule has 0 aromatic heterocycles. The van der Waals surface area contributed by atoms with Crippen LogP contribution >= 0.6 is 11.8 Å². The predicted molar refractivity (Wildman–Crippen MR) is 68.6 cm³/mol. The SMILES string of the molecule is FC1(F)Oc2ccc(SCc3ccccc3)cc2O1. The van der Waals surface area contributed by atoms with Crippen LogP contribution in [0.2, 0.25) is 0 Å². The Morgan fingerprint density at radius 1 is 0.947 bits per heavy atom. The summed E-state index contributed by atoms with van der Waals surface area (Å²) < 4.78 is 34.5. The van der Waals surface area contributed by atoms with Gasteiger partial charge in [0.2, 0.25) is 0 Å². The first-order valence-electron chi connectivity index (χ1n) is 5.69. The first-order chi connectivity index (χ1) is 9.12. The second-order valence-corrected chi connectivity index (χ2v) is 5.10. The Bertz CT molecular complexity index is 587. The third-order valence-electron chi connectivity index (χ3n) is 2.62. The van der Waals surface area contributed by atoms with Crippen molar-refractivity contribution >= 4 is 11.8 Å². The fourth-order valence-corrected chi connectivity index (χ4v) is 2.64. The Morgan fingerprint density at radius 3 is 2.47 bits per heavy atom. The van der Waals surface area contributed by atoms with Gasteiger partial charge in [0, 0.05) is 10.6 Å². The Morgan fingerprint density at radius 2 is 1.68 bits per heavy atom. The molecule has 0 amide bonds. The summed E-state index contributed by atoms with van der Waals surface area (Å²) in [5.41, 5.74) is 1.18. The molecule has 3 rings (SSSR count). The summed E-state index contributed by atoms with van der Waals surface area (Å²) in [6.07, 6.45) is -3.55. The topological polar surface area (TPSA) is 18.5 Å². The van der Waals surface area contributed by atoms with Crippen LogP contribution in [-0.4, -0.2) is 6.29 Å². The van der Waals surface area contributed by atoms with Gasteiger partial charge in [-0.2, -0.15) is 0 Å². The van der Waals surface area contributed by atoms with E-state index in [1.165, 1.54) is 11.6 Å². The van der Waals surface area contributed by atoms with Gasteiger partial charge in [-0.15, -0.1) is 20.5 Å². The molecular formula is C14H10F2O2S. The summed E-state index contributed by atoms with van der Waals surface area (Å²) in [4.78, 5) is 0.865. The molecular weight excluding hydrogens is 270 g/mol. The Hall–Kier alpha value is -1.75. The van der Waals surface area contributed by atoms with Crippen molar-refractivity contribution in [3.05, 3.63) is 54.1 Å². The van der Waals surface area contributed by atoms with Crippen LogP contribution < -0.4 is 9.47 Å². The third-order valence-corrected chi connectivity index (χ3v) is 3.69. The van der Waals surface area contributed by atoms with Crippen molar-refractivity contribution in [1.82, 2.24) is 0 Å². The van der Waals surface area contributed by atoms with Crippen molar-refractivity contribution in [3.8, 4) is 11.5 Å². The lowest BCUT2D eigenvalue weighted by Gasteiger charge is -2.04. The molecule has 0 saturated carbocycles. The van der Waals surface area contributed by atoms with E-state index in [0.717, 1.165) is 10.6 Å². The molecule has 1 aliphatic rings. The van der Waals surface area contributed by atoms with Crippen LogP contribution in [0.1, 0.15) is 5.56 Å². The minimum atomic E-state index is -3.55. The summed E-state index contributed by atoms with van der Waals surface area (Å²) >= 11 is 1.56. The maximum absolute atomic E-state index is 12.9. The monoisotopic (exact) mass is 280 g/mol. The number of benzene rings is 2. The standard InChI is InChI=1S/C14H10F2O2S/c15-14(16)17-12-7-6-11(8-13(12)18-14)19-9-10-4-2-1-3-5-10/h1-8H,9H2. The first-order valence-corrected chi connectivity index (χ1v) is 6.68. The summed E-state index contributed by atoms with van der Waals surface area (Å²) in [5, 5.41) is 0. The van der Waals surface area contributed by atoms with Crippen molar-refractivity contribution < 1.29 is 18.3 Å². The summed E-state index contributed by atoms with van der Waals surface area (Å²) in [6, 6.07) is 14.8. The lowest BCUT2D eigenvalue weighted by molar-refractivity contribution is -0.286. The van der Waals surface area contributed by atoms with E-state index in [0.29, 0.717) is 0 Å². The van der Waals surface area contributed by atoms with Gasteiger partial charge in [-0.25, -0.2) is 0 Å². The predicted octanol–water partition coefficient (Wildman–Crippen LogP) is 4.30. The number of hydrogen-bond acceptors (Lipinski definition) is 3. The molecule has 0 aliphatic carbocycles. The molecule has 0 unspecified atom stereocenters. The molecule has 0 spiro atoms. The smallest absolute Gasteiger partial charge is 0.395 e. The molecule has 0 bridgehead atoms. The molecule has 5 heteroatoms. The van der Waals surface area contributed by atoms with E-state index < -0.39 is 6.29 Å². The Kier molecular flexibility index (Phi) is 3.06. The van der Waals surface area contributed by atoms with Crippen LogP contribution in [0.15, 0.2) is 53.4 Å². The number of fused-ring (bicyclic) bond motifs is 1. The molecule has 0 N–H and O–H groups in total. The van der Waals surface area contributed by atoms with Crippen LogP contribution in [0.5, 0.6) is 11.5 Å². The van der Waals surface area contributed by atoms with Gasteiger partial charge in [0.1, 0.15) is 0 Å².